The molecule has 3 nitrogen and oxygen atoms in total. The number of hydrogen-bond donors (Lipinski definition) is 0. The number of halogens is 1. The first-order valence-electron chi connectivity index (χ1n) is 2.23. The zero-order chi connectivity index (χ0) is 6.15. The molecule has 1 rings (SSSR count). The normalized spacial score (nSPS) is 19.5. The van der Waals surface area contributed by atoms with E-state index in [1.54, 1.807) is 0 Å². The summed E-state index contributed by atoms with van der Waals surface area (Å²) >= 11 is 2.94. The maximum Gasteiger partial charge on any atom is 0.258 e. The lowest BCUT2D eigenvalue weighted by Crippen LogP contribution is -2.06. The SMILES string of the molecule is CC1=NN(Br)C(=O)C1. The van der Waals surface area contributed by atoms with E-state index in [9.17, 15) is 4.79 Å². The van der Waals surface area contributed by atoms with Crippen LogP contribution in [0, 0.1) is 0 Å². The van der Waals surface area contributed by atoms with Crippen LogP contribution in [0.3, 0.4) is 0 Å². The molecule has 1 heterocycles. The van der Waals surface area contributed by atoms with Gasteiger partial charge in [-0.05, 0) is 6.92 Å². The Morgan fingerprint density at radius 3 is 2.62 bits per heavy atom. The molecule has 0 atom stereocenters. The van der Waals surface area contributed by atoms with E-state index in [1.807, 2.05) is 6.92 Å². The molecule has 0 bridgehead atoms. The largest absolute Gasteiger partial charge is 0.272 e. The van der Waals surface area contributed by atoms with E-state index >= 15 is 0 Å². The van der Waals surface area contributed by atoms with Gasteiger partial charge in [-0.25, -0.2) is 0 Å². The smallest absolute Gasteiger partial charge is 0.258 e. The van der Waals surface area contributed by atoms with Gasteiger partial charge >= 0.3 is 0 Å². The molecule has 0 aliphatic carbocycles. The van der Waals surface area contributed by atoms with Crippen LogP contribution in [-0.2, 0) is 4.79 Å². The van der Waals surface area contributed by atoms with Gasteiger partial charge in [-0.3, -0.25) is 4.79 Å². The first kappa shape index (κ1) is 5.75. The van der Waals surface area contributed by atoms with Crippen molar-refractivity contribution in [1.29, 1.82) is 0 Å². The maximum atomic E-state index is 10.5. The van der Waals surface area contributed by atoms with Crippen molar-refractivity contribution in [2.24, 2.45) is 5.10 Å². The van der Waals surface area contributed by atoms with E-state index in [2.05, 4.69) is 21.2 Å². The summed E-state index contributed by atoms with van der Waals surface area (Å²) in [5.41, 5.74) is 0.854. The molecule has 44 valence electrons. The minimum Gasteiger partial charge on any atom is -0.272 e. The lowest BCUT2D eigenvalue weighted by Gasteiger charge is -1.94. The molecule has 0 aromatic carbocycles. The van der Waals surface area contributed by atoms with Gasteiger partial charge in [-0.2, -0.15) is 9.14 Å². The third kappa shape index (κ3) is 0.888. The van der Waals surface area contributed by atoms with Crippen LogP contribution in [0.5, 0.6) is 0 Å². The van der Waals surface area contributed by atoms with Gasteiger partial charge in [0.2, 0.25) is 0 Å². The highest BCUT2D eigenvalue weighted by Gasteiger charge is 2.17. The van der Waals surface area contributed by atoms with Gasteiger partial charge in [0, 0.05) is 5.71 Å². The number of rotatable bonds is 0. The Bertz CT molecular complexity index is 154. The second-order valence-corrected chi connectivity index (χ2v) is 2.34. The zero-order valence-electron chi connectivity index (χ0n) is 4.39. The van der Waals surface area contributed by atoms with Gasteiger partial charge in [0.15, 0.2) is 0 Å². The van der Waals surface area contributed by atoms with Crippen LogP contribution >= 0.6 is 16.1 Å². The molecule has 8 heavy (non-hydrogen) atoms. The van der Waals surface area contributed by atoms with Crippen molar-refractivity contribution < 1.29 is 4.79 Å². The summed E-state index contributed by atoms with van der Waals surface area (Å²) < 4.78 is 1.18. The standard InChI is InChI=1S/C4H5BrN2O/c1-3-2-4(8)7(5)6-3/h2H2,1H3. The molecule has 0 aromatic heterocycles. The maximum absolute atomic E-state index is 10.5. The second kappa shape index (κ2) is 1.85. The summed E-state index contributed by atoms with van der Waals surface area (Å²) in [6.45, 7) is 1.82. The molecule has 0 saturated carbocycles. The predicted molar refractivity (Wildman–Crippen MR) is 33.5 cm³/mol. The van der Waals surface area contributed by atoms with Gasteiger partial charge < -0.3 is 0 Å². The van der Waals surface area contributed by atoms with Crippen LogP contribution in [0.15, 0.2) is 5.10 Å². The van der Waals surface area contributed by atoms with Crippen LogP contribution in [0.1, 0.15) is 13.3 Å². The number of nitrogens with zero attached hydrogens (tertiary/aromatic N) is 2. The quantitative estimate of drug-likeness (QED) is 0.506. The summed E-state index contributed by atoms with van der Waals surface area (Å²) in [4.78, 5) is 10.5. The lowest BCUT2D eigenvalue weighted by atomic mass is 10.3. The van der Waals surface area contributed by atoms with Gasteiger partial charge in [-0.1, -0.05) is 0 Å². The minimum absolute atomic E-state index is 0.00231. The van der Waals surface area contributed by atoms with E-state index < -0.39 is 0 Å². The predicted octanol–water partition coefficient (Wildman–Crippen LogP) is 0.905. The van der Waals surface area contributed by atoms with Crippen LogP contribution in [0.2, 0.25) is 0 Å². The fraction of sp³-hybridized carbons (Fsp3) is 0.500. The van der Waals surface area contributed by atoms with E-state index in [0.29, 0.717) is 6.42 Å². The summed E-state index contributed by atoms with van der Waals surface area (Å²) in [7, 11) is 0. The van der Waals surface area contributed by atoms with Crippen molar-refractivity contribution in [1.82, 2.24) is 4.03 Å². The third-order valence-corrected chi connectivity index (χ3v) is 1.43. The van der Waals surface area contributed by atoms with E-state index in [1.165, 1.54) is 4.03 Å². The average molecular weight is 177 g/mol. The molecule has 0 N–H and O–H groups in total. The molecule has 1 aliphatic rings. The average Bonchev–Trinajstić information content (AvgIpc) is 1.85. The van der Waals surface area contributed by atoms with Crippen LogP contribution in [0.25, 0.3) is 0 Å². The number of carbonyl (C=O) groups excluding carboxylic acids is 1. The van der Waals surface area contributed by atoms with Crippen molar-refractivity contribution >= 4 is 27.8 Å². The molecule has 0 radical (unpaired) electrons. The summed E-state index contributed by atoms with van der Waals surface area (Å²) in [5, 5.41) is 3.79. The van der Waals surface area contributed by atoms with Crippen molar-refractivity contribution in [2.75, 3.05) is 0 Å². The Balaban J connectivity index is 2.69. The topological polar surface area (TPSA) is 32.7 Å². The van der Waals surface area contributed by atoms with Gasteiger partial charge in [0.05, 0.1) is 22.6 Å². The Kier molecular flexibility index (Phi) is 1.33. The van der Waals surface area contributed by atoms with Crippen molar-refractivity contribution in [3.8, 4) is 0 Å². The number of hydrogen-bond acceptors (Lipinski definition) is 2. The molecule has 0 saturated heterocycles. The Labute approximate surface area is 55.7 Å². The van der Waals surface area contributed by atoms with Crippen molar-refractivity contribution in [2.45, 2.75) is 13.3 Å². The third-order valence-electron chi connectivity index (χ3n) is 0.871. The lowest BCUT2D eigenvalue weighted by molar-refractivity contribution is -0.123. The number of amides is 1. The summed E-state index contributed by atoms with van der Waals surface area (Å²) in [6, 6.07) is 0. The van der Waals surface area contributed by atoms with Crippen LogP contribution < -0.4 is 0 Å². The Hall–Kier alpha value is -0.380. The minimum atomic E-state index is 0.00231. The van der Waals surface area contributed by atoms with Crippen molar-refractivity contribution in [3.63, 3.8) is 0 Å². The van der Waals surface area contributed by atoms with Crippen LogP contribution in [0.4, 0.5) is 0 Å². The van der Waals surface area contributed by atoms with Gasteiger partial charge in [0.25, 0.3) is 5.91 Å². The molecule has 0 fully saturated rings. The molecular weight excluding hydrogens is 172 g/mol. The monoisotopic (exact) mass is 176 g/mol. The summed E-state index contributed by atoms with van der Waals surface area (Å²) in [6.07, 6.45) is 0.450. The fourth-order valence-corrected chi connectivity index (χ4v) is 0.921. The molecule has 4 heteroatoms. The van der Waals surface area contributed by atoms with Gasteiger partial charge in [0.1, 0.15) is 0 Å². The number of carbonyl (C=O) groups is 1. The van der Waals surface area contributed by atoms with Gasteiger partial charge in [-0.15, -0.1) is 0 Å². The second-order valence-electron chi connectivity index (χ2n) is 1.67. The molecule has 0 unspecified atom stereocenters. The first-order chi connectivity index (χ1) is 3.70. The molecule has 0 aromatic rings. The molecule has 1 amide bonds. The Morgan fingerprint density at radius 1 is 1.88 bits per heavy atom. The van der Waals surface area contributed by atoms with E-state index in [4.69, 9.17) is 0 Å². The first-order valence-corrected chi connectivity index (χ1v) is 2.94. The highest BCUT2D eigenvalue weighted by Crippen LogP contribution is 2.10. The Morgan fingerprint density at radius 2 is 2.50 bits per heavy atom. The molecular formula is C4H5BrN2O. The molecule has 1 aliphatic heterocycles. The fourth-order valence-electron chi connectivity index (χ4n) is 0.525. The summed E-state index contributed by atoms with van der Waals surface area (Å²) in [5.74, 6) is 0.00231. The van der Waals surface area contributed by atoms with E-state index in [-0.39, 0.29) is 5.91 Å². The van der Waals surface area contributed by atoms with Crippen molar-refractivity contribution in [3.05, 3.63) is 0 Å². The highest BCUT2D eigenvalue weighted by atomic mass is 79.9. The van der Waals surface area contributed by atoms with E-state index in [0.717, 1.165) is 5.71 Å². The number of hydrazone groups is 1. The zero-order valence-corrected chi connectivity index (χ0v) is 5.97. The van der Waals surface area contributed by atoms with Crippen LogP contribution in [-0.4, -0.2) is 15.7 Å². The molecule has 0 spiro atoms. The highest BCUT2D eigenvalue weighted by molar-refractivity contribution is 9.07.